The molecule has 1 aromatic rings. The number of nitrogens with zero attached hydrogens (tertiary/aromatic N) is 4. The van der Waals surface area contributed by atoms with Gasteiger partial charge >= 0.3 is 0 Å². The molecular formula is C15H26N4O. The molecule has 1 aliphatic rings. The van der Waals surface area contributed by atoms with Gasteiger partial charge in [-0.15, -0.1) is 0 Å². The van der Waals surface area contributed by atoms with E-state index >= 15 is 0 Å². The third kappa shape index (κ3) is 4.42. The Labute approximate surface area is 121 Å². The van der Waals surface area contributed by atoms with Crippen LogP contribution in [0.5, 0.6) is 0 Å². The van der Waals surface area contributed by atoms with E-state index in [-0.39, 0.29) is 0 Å². The molecule has 5 heteroatoms. The molecule has 1 atom stereocenters. The minimum atomic E-state index is 0.618. The Morgan fingerprint density at radius 2 is 2.30 bits per heavy atom. The van der Waals surface area contributed by atoms with E-state index in [0.717, 1.165) is 32.0 Å². The number of aromatic nitrogens is 2. The highest BCUT2D eigenvalue weighted by atomic mass is 16.5. The molecule has 1 aromatic heterocycles. The van der Waals surface area contributed by atoms with Gasteiger partial charge in [-0.2, -0.15) is 4.98 Å². The third-order valence-electron chi connectivity index (χ3n) is 3.83. The predicted molar refractivity (Wildman–Crippen MR) is 79.4 cm³/mol. The maximum Gasteiger partial charge on any atom is 0.223 e. The Hall–Kier alpha value is -1.20. The van der Waals surface area contributed by atoms with E-state index in [2.05, 4.69) is 46.9 Å². The predicted octanol–water partition coefficient (Wildman–Crippen LogP) is 2.24. The summed E-state index contributed by atoms with van der Waals surface area (Å²) in [7, 11) is 2.21. The monoisotopic (exact) mass is 278 g/mol. The summed E-state index contributed by atoms with van der Waals surface area (Å²) in [6, 6.07) is 0.618. The standard InChI is InChI=1S/C15H26N4O/c1-12(2)7-9-18(4)14-6-5-8-19(10-14)11-15-16-13(3)20-17-15/h7,14H,5-6,8-11H2,1-4H3. The van der Waals surface area contributed by atoms with Crippen LogP contribution in [0.1, 0.15) is 38.4 Å². The fraction of sp³-hybridized carbons (Fsp3) is 0.733. The summed E-state index contributed by atoms with van der Waals surface area (Å²) >= 11 is 0. The van der Waals surface area contributed by atoms with Crippen LogP contribution in [0.25, 0.3) is 0 Å². The van der Waals surface area contributed by atoms with E-state index in [9.17, 15) is 0 Å². The molecule has 1 fully saturated rings. The maximum absolute atomic E-state index is 5.04. The van der Waals surface area contributed by atoms with Crippen LogP contribution in [-0.2, 0) is 6.54 Å². The van der Waals surface area contributed by atoms with Gasteiger partial charge in [-0.1, -0.05) is 16.8 Å². The minimum absolute atomic E-state index is 0.618. The van der Waals surface area contributed by atoms with Gasteiger partial charge < -0.3 is 4.52 Å². The molecule has 0 N–H and O–H groups in total. The summed E-state index contributed by atoms with van der Waals surface area (Å²) in [4.78, 5) is 9.16. The van der Waals surface area contributed by atoms with E-state index in [1.54, 1.807) is 0 Å². The van der Waals surface area contributed by atoms with Gasteiger partial charge in [0.1, 0.15) is 0 Å². The number of likely N-dealkylation sites (N-methyl/N-ethyl adjacent to an activating group) is 1. The summed E-state index contributed by atoms with van der Waals surface area (Å²) < 4.78 is 5.04. The van der Waals surface area contributed by atoms with Crippen molar-refractivity contribution in [1.82, 2.24) is 19.9 Å². The van der Waals surface area contributed by atoms with E-state index in [4.69, 9.17) is 4.52 Å². The number of piperidine rings is 1. The molecule has 0 bridgehead atoms. The first-order valence-corrected chi connectivity index (χ1v) is 7.39. The molecule has 1 aliphatic heterocycles. The van der Waals surface area contributed by atoms with E-state index < -0.39 is 0 Å². The second kappa shape index (κ2) is 6.99. The van der Waals surface area contributed by atoms with Crippen LogP contribution >= 0.6 is 0 Å². The Kier molecular flexibility index (Phi) is 5.31. The van der Waals surface area contributed by atoms with Gasteiger partial charge in [0.2, 0.25) is 5.89 Å². The van der Waals surface area contributed by atoms with Crippen LogP contribution in [0.15, 0.2) is 16.2 Å². The van der Waals surface area contributed by atoms with Crippen LogP contribution in [0.2, 0.25) is 0 Å². The average molecular weight is 278 g/mol. The zero-order valence-electron chi connectivity index (χ0n) is 13.1. The van der Waals surface area contributed by atoms with Crippen LogP contribution in [0.3, 0.4) is 0 Å². The number of likely N-dealkylation sites (tertiary alicyclic amines) is 1. The van der Waals surface area contributed by atoms with Crippen molar-refractivity contribution in [2.75, 3.05) is 26.7 Å². The van der Waals surface area contributed by atoms with Crippen LogP contribution in [0, 0.1) is 6.92 Å². The first kappa shape index (κ1) is 15.2. The van der Waals surface area contributed by atoms with E-state index in [1.807, 2.05) is 6.92 Å². The highest BCUT2D eigenvalue weighted by Crippen LogP contribution is 2.16. The van der Waals surface area contributed by atoms with Crippen molar-refractivity contribution in [3.63, 3.8) is 0 Å². The SMILES string of the molecule is CC(C)=CCN(C)C1CCCN(Cc2noc(C)n2)C1. The highest BCUT2D eigenvalue weighted by Gasteiger charge is 2.23. The first-order valence-electron chi connectivity index (χ1n) is 7.39. The van der Waals surface area contributed by atoms with Crippen molar-refractivity contribution >= 4 is 0 Å². The highest BCUT2D eigenvalue weighted by molar-refractivity contribution is 4.96. The fourth-order valence-corrected chi connectivity index (χ4v) is 2.62. The van der Waals surface area contributed by atoms with Crippen molar-refractivity contribution in [2.24, 2.45) is 0 Å². The minimum Gasteiger partial charge on any atom is -0.340 e. The molecule has 0 aromatic carbocycles. The topological polar surface area (TPSA) is 45.4 Å². The van der Waals surface area contributed by atoms with E-state index in [1.165, 1.54) is 18.4 Å². The number of aryl methyl sites for hydroxylation is 1. The third-order valence-corrected chi connectivity index (χ3v) is 3.83. The summed E-state index contributed by atoms with van der Waals surface area (Å²) in [6.45, 7) is 10.2. The van der Waals surface area contributed by atoms with Crippen LogP contribution in [-0.4, -0.2) is 52.7 Å². The normalized spacial score (nSPS) is 20.4. The molecule has 0 saturated carbocycles. The number of hydrogen-bond donors (Lipinski definition) is 0. The van der Waals surface area contributed by atoms with Gasteiger partial charge in [-0.3, -0.25) is 9.80 Å². The lowest BCUT2D eigenvalue weighted by Gasteiger charge is -2.36. The number of hydrogen-bond acceptors (Lipinski definition) is 5. The van der Waals surface area contributed by atoms with Crippen molar-refractivity contribution in [1.29, 1.82) is 0 Å². The number of allylic oxidation sites excluding steroid dienone is 1. The molecule has 0 radical (unpaired) electrons. The molecule has 0 aliphatic carbocycles. The lowest BCUT2D eigenvalue weighted by atomic mass is 10.0. The molecule has 20 heavy (non-hydrogen) atoms. The summed E-state index contributed by atoms with van der Waals surface area (Å²) in [5.41, 5.74) is 1.38. The summed E-state index contributed by atoms with van der Waals surface area (Å²) in [5.74, 6) is 1.45. The average Bonchev–Trinajstić information content (AvgIpc) is 2.81. The van der Waals surface area contributed by atoms with Gasteiger partial charge in [-0.25, -0.2) is 0 Å². The second-order valence-electron chi connectivity index (χ2n) is 5.98. The Balaban J connectivity index is 1.86. The summed E-state index contributed by atoms with van der Waals surface area (Å²) in [6.07, 6.45) is 4.80. The molecule has 0 spiro atoms. The van der Waals surface area contributed by atoms with Crippen LogP contribution < -0.4 is 0 Å². The quantitative estimate of drug-likeness (QED) is 0.773. The van der Waals surface area contributed by atoms with Crippen molar-refractivity contribution < 1.29 is 4.52 Å². The van der Waals surface area contributed by atoms with Gasteiger partial charge in [0, 0.05) is 26.1 Å². The molecule has 2 heterocycles. The van der Waals surface area contributed by atoms with Gasteiger partial charge in [0.05, 0.1) is 6.54 Å². The lowest BCUT2D eigenvalue weighted by Crippen LogP contribution is -2.46. The largest absolute Gasteiger partial charge is 0.340 e. The van der Waals surface area contributed by atoms with Gasteiger partial charge in [0.25, 0.3) is 0 Å². The summed E-state index contributed by atoms with van der Waals surface area (Å²) in [5, 5.41) is 3.99. The van der Waals surface area contributed by atoms with Crippen LogP contribution in [0.4, 0.5) is 0 Å². The Bertz CT molecular complexity index is 450. The molecular weight excluding hydrogens is 252 g/mol. The smallest absolute Gasteiger partial charge is 0.223 e. The van der Waals surface area contributed by atoms with Crippen molar-refractivity contribution in [3.8, 4) is 0 Å². The zero-order valence-corrected chi connectivity index (χ0v) is 13.1. The zero-order chi connectivity index (χ0) is 14.5. The number of rotatable bonds is 5. The second-order valence-corrected chi connectivity index (χ2v) is 5.98. The Morgan fingerprint density at radius 3 is 2.95 bits per heavy atom. The lowest BCUT2D eigenvalue weighted by molar-refractivity contribution is 0.116. The molecule has 1 unspecified atom stereocenters. The van der Waals surface area contributed by atoms with Gasteiger partial charge in [0.15, 0.2) is 5.82 Å². The van der Waals surface area contributed by atoms with E-state index in [0.29, 0.717) is 11.9 Å². The van der Waals surface area contributed by atoms with Crippen molar-refractivity contribution in [3.05, 3.63) is 23.4 Å². The maximum atomic E-state index is 5.04. The fourth-order valence-electron chi connectivity index (χ4n) is 2.62. The molecule has 5 nitrogen and oxygen atoms in total. The molecule has 1 saturated heterocycles. The Morgan fingerprint density at radius 1 is 1.50 bits per heavy atom. The molecule has 2 rings (SSSR count). The van der Waals surface area contributed by atoms with Gasteiger partial charge in [-0.05, 0) is 40.3 Å². The first-order chi connectivity index (χ1) is 9.54. The molecule has 112 valence electrons. The molecule has 0 amide bonds. The van der Waals surface area contributed by atoms with Crippen molar-refractivity contribution in [2.45, 2.75) is 46.2 Å².